The average molecular weight is 368 g/mol. The van der Waals surface area contributed by atoms with Crippen LogP contribution in [0.3, 0.4) is 0 Å². The molecule has 6 nitrogen and oxygen atoms in total. The maximum Gasteiger partial charge on any atom is 0.180 e. The summed E-state index contributed by atoms with van der Waals surface area (Å²) in [6, 6.07) is 14.9. The van der Waals surface area contributed by atoms with Crippen LogP contribution >= 0.6 is 0 Å². The molecule has 26 heavy (non-hydrogen) atoms. The van der Waals surface area contributed by atoms with E-state index in [0.717, 1.165) is 5.56 Å². The lowest BCUT2D eigenvalue weighted by molar-refractivity contribution is 0.597. The quantitative estimate of drug-likeness (QED) is 0.719. The van der Waals surface area contributed by atoms with E-state index in [1.54, 1.807) is 37.4 Å². The number of sulfone groups is 1. The highest BCUT2D eigenvalue weighted by Gasteiger charge is 2.19. The predicted molar refractivity (Wildman–Crippen MR) is 101 cm³/mol. The SMILES string of the molecule is CCS(=O)(=O)c1cccnc1-c1ccc(NCc2ccc(C)cc2)nn1. The molecule has 0 saturated carbocycles. The normalized spacial score (nSPS) is 11.3. The fourth-order valence-electron chi connectivity index (χ4n) is 2.44. The molecule has 1 aromatic carbocycles. The first-order chi connectivity index (χ1) is 12.5. The summed E-state index contributed by atoms with van der Waals surface area (Å²) in [5.41, 5.74) is 3.11. The molecule has 0 atom stereocenters. The van der Waals surface area contributed by atoms with Crippen LogP contribution in [-0.4, -0.2) is 29.4 Å². The Labute approximate surface area is 153 Å². The molecule has 0 spiro atoms. The van der Waals surface area contributed by atoms with E-state index in [4.69, 9.17) is 0 Å². The van der Waals surface area contributed by atoms with Crippen molar-refractivity contribution in [1.29, 1.82) is 0 Å². The largest absolute Gasteiger partial charge is 0.365 e. The van der Waals surface area contributed by atoms with E-state index in [0.29, 0.717) is 23.8 Å². The Morgan fingerprint density at radius 2 is 1.77 bits per heavy atom. The van der Waals surface area contributed by atoms with Crippen molar-refractivity contribution in [2.24, 2.45) is 0 Å². The smallest absolute Gasteiger partial charge is 0.180 e. The van der Waals surface area contributed by atoms with Crippen molar-refractivity contribution in [2.45, 2.75) is 25.3 Å². The number of hydrogen-bond acceptors (Lipinski definition) is 6. The number of aryl methyl sites for hydroxylation is 1. The highest BCUT2D eigenvalue weighted by molar-refractivity contribution is 7.91. The Kier molecular flexibility index (Phi) is 5.27. The molecule has 0 aliphatic rings. The van der Waals surface area contributed by atoms with Gasteiger partial charge in [-0.15, -0.1) is 10.2 Å². The number of aromatic nitrogens is 3. The van der Waals surface area contributed by atoms with Crippen LogP contribution in [0.15, 0.2) is 59.6 Å². The van der Waals surface area contributed by atoms with E-state index in [1.807, 2.05) is 6.92 Å². The van der Waals surface area contributed by atoms with Gasteiger partial charge in [0.15, 0.2) is 9.84 Å². The van der Waals surface area contributed by atoms with Crippen LogP contribution in [-0.2, 0) is 16.4 Å². The van der Waals surface area contributed by atoms with Crippen molar-refractivity contribution < 1.29 is 8.42 Å². The molecule has 0 radical (unpaired) electrons. The van der Waals surface area contributed by atoms with Crippen molar-refractivity contribution in [2.75, 3.05) is 11.1 Å². The number of benzene rings is 1. The molecule has 2 aromatic heterocycles. The summed E-state index contributed by atoms with van der Waals surface area (Å²) in [5.74, 6) is 0.625. The van der Waals surface area contributed by atoms with Crippen LogP contribution < -0.4 is 5.32 Å². The second-order valence-corrected chi connectivity index (χ2v) is 8.14. The van der Waals surface area contributed by atoms with Gasteiger partial charge in [-0.2, -0.15) is 0 Å². The molecule has 0 aliphatic heterocycles. The second kappa shape index (κ2) is 7.61. The van der Waals surface area contributed by atoms with E-state index >= 15 is 0 Å². The summed E-state index contributed by atoms with van der Waals surface area (Å²) < 4.78 is 24.5. The van der Waals surface area contributed by atoms with Crippen LogP contribution in [0.25, 0.3) is 11.4 Å². The first-order valence-corrected chi connectivity index (χ1v) is 9.96. The molecule has 3 rings (SSSR count). The van der Waals surface area contributed by atoms with E-state index in [2.05, 4.69) is 44.8 Å². The standard InChI is InChI=1S/C19H20N4O2S/c1-3-26(24,25)17-5-4-12-20-19(17)16-10-11-18(23-22-16)21-13-15-8-6-14(2)7-9-15/h4-12H,3,13H2,1-2H3,(H,21,23). The summed E-state index contributed by atoms with van der Waals surface area (Å²) in [7, 11) is -3.38. The van der Waals surface area contributed by atoms with Crippen LogP contribution in [0.5, 0.6) is 0 Å². The maximum absolute atomic E-state index is 12.2. The number of anilines is 1. The fourth-order valence-corrected chi connectivity index (χ4v) is 3.49. The minimum absolute atomic E-state index is 0.00924. The first-order valence-electron chi connectivity index (χ1n) is 8.31. The molecule has 1 N–H and O–H groups in total. The molecular weight excluding hydrogens is 348 g/mol. The van der Waals surface area contributed by atoms with Crippen LogP contribution in [0.4, 0.5) is 5.82 Å². The van der Waals surface area contributed by atoms with Gasteiger partial charge in [-0.3, -0.25) is 4.98 Å². The van der Waals surface area contributed by atoms with Crippen molar-refractivity contribution in [3.05, 3.63) is 65.9 Å². The van der Waals surface area contributed by atoms with Gasteiger partial charge in [-0.05, 0) is 36.8 Å². The Hall–Kier alpha value is -2.80. The number of rotatable bonds is 6. The molecule has 0 aliphatic carbocycles. The Bertz CT molecular complexity index is 985. The van der Waals surface area contributed by atoms with Crippen LogP contribution in [0, 0.1) is 6.92 Å². The highest BCUT2D eigenvalue weighted by atomic mass is 32.2. The summed E-state index contributed by atoms with van der Waals surface area (Å²) in [6.07, 6.45) is 1.55. The molecule has 2 heterocycles. The average Bonchev–Trinajstić information content (AvgIpc) is 2.68. The summed E-state index contributed by atoms with van der Waals surface area (Å²) >= 11 is 0. The van der Waals surface area contributed by atoms with E-state index in [9.17, 15) is 8.42 Å². The summed E-state index contributed by atoms with van der Waals surface area (Å²) in [6.45, 7) is 4.29. The van der Waals surface area contributed by atoms with Gasteiger partial charge in [0.05, 0.1) is 10.6 Å². The monoisotopic (exact) mass is 368 g/mol. The number of pyridine rings is 1. The Morgan fingerprint density at radius 1 is 1.00 bits per heavy atom. The van der Waals surface area contributed by atoms with Crippen LogP contribution in [0.1, 0.15) is 18.1 Å². The van der Waals surface area contributed by atoms with Gasteiger partial charge in [-0.1, -0.05) is 36.8 Å². The Balaban J connectivity index is 1.79. The lowest BCUT2D eigenvalue weighted by atomic mass is 10.1. The number of nitrogens with one attached hydrogen (secondary N) is 1. The molecule has 0 bridgehead atoms. The predicted octanol–water partition coefficient (Wildman–Crippen LogP) is 3.25. The molecule has 0 saturated heterocycles. The van der Waals surface area contributed by atoms with Crippen molar-refractivity contribution in [3.63, 3.8) is 0 Å². The molecular formula is C19H20N4O2S. The third-order valence-electron chi connectivity index (χ3n) is 3.99. The maximum atomic E-state index is 12.2. The zero-order valence-corrected chi connectivity index (χ0v) is 15.5. The van der Waals surface area contributed by atoms with Gasteiger partial charge in [0.25, 0.3) is 0 Å². The van der Waals surface area contributed by atoms with Crippen molar-refractivity contribution in [3.8, 4) is 11.4 Å². The molecule has 7 heteroatoms. The van der Waals surface area contributed by atoms with Crippen LogP contribution in [0.2, 0.25) is 0 Å². The lowest BCUT2D eigenvalue weighted by Crippen LogP contribution is -2.08. The molecule has 0 fully saturated rings. The zero-order chi connectivity index (χ0) is 18.6. The zero-order valence-electron chi connectivity index (χ0n) is 14.7. The molecule has 134 valence electrons. The van der Waals surface area contributed by atoms with E-state index in [1.165, 1.54) is 5.56 Å². The topological polar surface area (TPSA) is 84.8 Å². The minimum atomic E-state index is -3.38. The molecule has 0 amide bonds. The fraction of sp³-hybridized carbons (Fsp3) is 0.211. The lowest BCUT2D eigenvalue weighted by Gasteiger charge is -2.09. The van der Waals surface area contributed by atoms with Gasteiger partial charge in [0.1, 0.15) is 17.2 Å². The number of hydrogen-bond donors (Lipinski definition) is 1. The summed E-state index contributed by atoms with van der Waals surface area (Å²) in [5, 5.41) is 11.5. The third kappa shape index (κ3) is 4.05. The van der Waals surface area contributed by atoms with Gasteiger partial charge in [-0.25, -0.2) is 8.42 Å². The second-order valence-electron chi connectivity index (χ2n) is 5.90. The van der Waals surface area contributed by atoms with Gasteiger partial charge >= 0.3 is 0 Å². The van der Waals surface area contributed by atoms with Gasteiger partial charge in [0, 0.05) is 12.7 Å². The molecule has 0 unspecified atom stereocenters. The Morgan fingerprint density at radius 3 is 2.42 bits per heavy atom. The van der Waals surface area contributed by atoms with Gasteiger partial charge in [0.2, 0.25) is 0 Å². The summed E-state index contributed by atoms with van der Waals surface area (Å²) in [4.78, 5) is 4.37. The molecule has 3 aromatic rings. The number of nitrogens with zero attached hydrogens (tertiary/aromatic N) is 3. The van der Waals surface area contributed by atoms with Crippen molar-refractivity contribution >= 4 is 15.7 Å². The van der Waals surface area contributed by atoms with E-state index in [-0.39, 0.29) is 10.6 Å². The third-order valence-corrected chi connectivity index (χ3v) is 5.75. The highest BCUT2D eigenvalue weighted by Crippen LogP contribution is 2.24. The minimum Gasteiger partial charge on any atom is -0.365 e. The van der Waals surface area contributed by atoms with Crippen molar-refractivity contribution in [1.82, 2.24) is 15.2 Å². The first kappa shape index (κ1) is 18.0. The van der Waals surface area contributed by atoms with E-state index < -0.39 is 9.84 Å². The van der Waals surface area contributed by atoms with Gasteiger partial charge < -0.3 is 5.32 Å².